The zero-order valence-electron chi connectivity index (χ0n) is 19.7. The van der Waals surface area contributed by atoms with Crippen molar-refractivity contribution in [1.82, 2.24) is 14.5 Å². The molecule has 1 fully saturated rings. The predicted octanol–water partition coefficient (Wildman–Crippen LogP) is 3.82. The van der Waals surface area contributed by atoms with Crippen LogP contribution in [-0.2, 0) is 27.8 Å². The van der Waals surface area contributed by atoms with Crippen LogP contribution in [0, 0.1) is 0 Å². The highest BCUT2D eigenvalue weighted by atomic mass is 32.2. The fourth-order valence-corrected chi connectivity index (χ4v) is 5.04. The molecule has 0 bridgehead atoms. The Hall–Kier alpha value is -2.22. The second-order valence-electron chi connectivity index (χ2n) is 8.76. The van der Waals surface area contributed by atoms with Gasteiger partial charge in [-0.05, 0) is 62.5 Å². The van der Waals surface area contributed by atoms with Crippen LogP contribution in [0.3, 0.4) is 0 Å². The van der Waals surface area contributed by atoms with E-state index < -0.39 is 10.0 Å². The number of carbonyl (C=O) groups excluding carboxylic acids is 1. The number of carbonyl (C=O) groups is 1. The molecular formula is C26H37N3O3S. The number of amides is 1. The molecule has 1 N–H and O–H groups in total. The highest BCUT2D eigenvalue weighted by molar-refractivity contribution is 7.89. The van der Waals surface area contributed by atoms with Crippen LogP contribution in [0.4, 0.5) is 0 Å². The predicted molar refractivity (Wildman–Crippen MR) is 132 cm³/mol. The van der Waals surface area contributed by atoms with Crippen LogP contribution in [0.15, 0.2) is 59.5 Å². The maximum Gasteiger partial charge on any atom is 0.240 e. The Kier molecular flexibility index (Phi) is 9.91. The summed E-state index contributed by atoms with van der Waals surface area (Å²) in [4.78, 5) is 17.8. The summed E-state index contributed by atoms with van der Waals surface area (Å²) in [5, 5.41) is 0. The molecule has 7 heteroatoms. The quantitative estimate of drug-likeness (QED) is 0.667. The van der Waals surface area contributed by atoms with Crippen molar-refractivity contribution in [3.63, 3.8) is 0 Å². The van der Waals surface area contributed by atoms with Crippen molar-refractivity contribution >= 4 is 15.9 Å². The Morgan fingerprint density at radius 3 is 2.15 bits per heavy atom. The third-order valence-corrected chi connectivity index (χ3v) is 7.72. The molecule has 3 rings (SSSR count). The van der Waals surface area contributed by atoms with Gasteiger partial charge in [0.25, 0.3) is 0 Å². The number of benzene rings is 2. The van der Waals surface area contributed by atoms with Crippen LogP contribution in [0.2, 0.25) is 0 Å². The molecule has 6 nitrogen and oxygen atoms in total. The molecule has 1 aliphatic rings. The molecule has 0 spiro atoms. The van der Waals surface area contributed by atoms with Gasteiger partial charge >= 0.3 is 0 Å². The van der Waals surface area contributed by atoms with E-state index in [1.54, 1.807) is 24.3 Å². The lowest BCUT2D eigenvalue weighted by Crippen LogP contribution is -2.35. The first-order valence-corrected chi connectivity index (χ1v) is 13.5. The van der Waals surface area contributed by atoms with E-state index in [0.29, 0.717) is 12.8 Å². The van der Waals surface area contributed by atoms with Crippen molar-refractivity contribution in [2.75, 3.05) is 33.2 Å². The van der Waals surface area contributed by atoms with E-state index in [0.717, 1.165) is 57.5 Å². The second kappa shape index (κ2) is 12.9. The second-order valence-corrected chi connectivity index (χ2v) is 10.6. The number of rotatable bonds is 7. The fraction of sp³-hybridized carbons (Fsp3) is 0.500. The Morgan fingerprint density at radius 1 is 0.818 bits per heavy atom. The molecule has 180 valence electrons. The summed E-state index contributed by atoms with van der Waals surface area (Å²) < 4.78 is 26.1. The third-order valence-electron chi connectivity index (χ3n) is 6.29. The smallest absolute Gasteiger partial charge is 0.240 e. The Bertz CT molecular complexity index is 962. The van der Waals surface area contributed by atoms with Crippen molar-refractivity contribution in [2.24, 2.45) is 0 Å². The van der Waals surface area contributed by atoms with Gasteiger partial charge in [0.15, 0.2) is 0 Å². The van der Waals surface area contributed by atoms with E-state index in [9.17, 15) is 13.2 Å². The summed E-state index contributed by atoms with van der Waals surface area (Å²) >= 11 is 0. The lowest BCUT2D eigenvalue weighted by molar-refractivity contribution is -0.131. The van der Waals surface area contributed by atoms with Crippen LogP contribution in [0.1, 0.15) is 49.7 Å². The molecule has 0 unspecified atom stereocenters. The van der Waals surface area contributed by atoms with Crippen molar-refractivity contribution in [2.45, 2.75) is 56.4 Å². The molecule has 1 heterocycles. The molecule has 0 aromatic heterocycles. The summed E-state index contributed by atoms with van der Waals surface area (Å²) in [6.45, 7) is 4.70. The average Bonchev–Trinajstić information content (AvgIpc) is 2.89. The van der Waals surface area contributed by atoms with Gasteiger partial charge in [0.1, 0.15) is 0 Å². The summed E-state index contributed by atoms with van der Waals surface area (Å²) in [5.74, 6) is 0.191. The Balaban J connectivity index is 1.52. The molecule has 2 aromatic rings. The molecule has 0 aliphatic carbocycles. The van der Waals surface area contributed by atoms with E-state index in [1.165, 1.54) is 25.5 Å². The molecule has 0 saturated carbocycles. The zero-order chi connectivity index (χ0) is 23.5. The van der Waals surface area contributed by atoms with E-state index in [2.05, 4.69) is 40.0 Å². The first-order chi connectivity index (χ1) is 16.0. The van der Waals surface area contributed by atoms with Gasteiger partial charge in [-0.25, -0.2) is 13.1 Å². The lowest BCUT2D eigenvalue weighted by Gasteiger charge is -2.25. The van der Waals surface area contributed by atoms with Crippen LogP contribution in [0.25, 0.3) is 0 Å². The van der Waals surface area contributed by atoms with Crippen LogP contribution >= 0.6 is 0 Å². The molecule has 2 aromatic carbocycles. The largest absolute Gasteiger partial charge is 0.343 e. The first-order valence-electron chi connectivity index (χ1n) is 12.0. The van der Waals surface area contributed by atoms with E-state index in [1.807, 2.05) is 4.90 Å². The first kappa shape index (κ1) is 25.4. The van der Waals surface area contributed by atoms with E-state index in [4.69, 9.17) is 0 Å². The van der Waals surface area contributed by atoms with Crippen molar-refractivity contribution in [1.29, 1.82) is 0 Å². The van der Waals surface area contributed by atoms with Gasteiger partial charge in [0.05, 0.1) is 4.90 Å². The lowest BCUT2D eigenvalue weighted by atomic mass is 10.1. The average molecular weight is 472 g/mol. The van der Waals surface area contributed by atoms with Gasteiger partial charge in [-0.3, -0.25) is 9.69 Å². The molecule has 33 heavy (non-hydrogen) atoms. The SMILES string of the molecule is CNS(=O)(=O)c1ccc(CCC(=O)N2CCCCCCN(Cc3ccccc3)CCC2)cc1. The van der Waals surface area contributed by atoms with Gasteiger partial charge in [-0.2, -0.15) is 0 Å². The zero-order valence-corrected chi connectivity index (χ0v) is 20.5. The van der Waals surface area contributed by atoms with Gasteiger partial charge in [0, 0.05) is 32.6 Å². The molecule has 0 atom stereocenters. The molecule has 1 amide bonds. The molecular weight excluding hydrogens is 434 g/mol. The standard InChI is InChI=1S/C26H37N3O3S/c1-27-33(31,32)25-15-12-23(13-16-25)14-17-26(30)29-20-8-3-2-7-18-28(19-9-21-29)22-24-10-5-4-6-11-24/h4-6,10-13,15-16,27H,2-3,7-9,14,17-22H2,1H3. The maximum absolute atomic E-state index is 13.0. The highest BCUT2D eigenvalue weighted by Gasteiger charge is 2.16. The number of nitrogens with one attached hydrogen (secondary N) is 1. The minimum atomic E-state index is -3.43. The van der Waals surface area contributed by atoms with Crippen molar-refractivity contribution < 1.29 is 13.2 Å². The monoisotopic (exact) mass is 471 g/mol. The molecule has 0 radical (unpaired) electrons. The van der Waals surface area contributed by atoms with Gasteiger partial charge in [-0.15, -0.1) is 0 Å². The van der Waals surface area contributed by atoms with Crippen molar-refractivity contribution in [3.05, 3.63) is 65.7 Å². The normalized spacial score (nSPS) is 16.8. The minimum Gasteiger partial charge on any atom is -0.343 e. The number of sulfonamides is 1. The van der Waals surface area contributed by atoms with E-state index in [-0.39, 0.29) is 10.8 Å². The minimum absolute atomic E-state index is 0.191. The van der Waals surface area contributed by atoms with Gasteiger partial charge in [-0.1, -0.05) is 55.3 Å². The van der Waals surface area contributed by atoms with Crippen molar-refractivity contribution in [3.8, 4) is 0 Å². The highest BCUT2D eigenvalue weighted by Crippen LogP contribution is 2.14. The van der Waals surface area contributed by atoms with Crippen LogP contribution in [0.5, 0.6) is 0 Å². The summed E-state index contributed by atoms with van der Waals surface area (Å²) in [7, 11) is -2.03. The fourth-order valence-electron chi connectivity index (χ4n) is 4.31. The number of hydrogen-bond donors (Lipinski definition) is 1. The summed E-state index contributed by atoms with van der Waals surface area (Å²) in [5.41, 5.74) is 2.32. The maximum atomic E-state index is 13.0. The van der Waals surface area contributed by atoms with E-state index >= 15 is 0 Å². The van der Waals surface area contributed by atoms with Gasteiger partial charge < -0.3 is 4.90 Å². The molecule has 1 saturated heterocycles. The number of nitrogens with zero attached hydrogens (tertiary/aromatic N) is 2. The Labute approximate surface area is 199 Å². The summed E-state index contributed by atoms with van der Waals surface area (Å²) in [6, 6.07) is 17.4. The Morgan fingerprint density at radius 2 is 1.45 bits per heavy atom. The topological polar surface area (TPSA) is 69.7 Å². The van der Waals surface area contributed by atoms with Gasteiger partial charge in [0.2, 0.25) is 15.9 Å². The number of hydrogen-bond acceptors (Lipinski definition) is 4. The van der Waals surface area contributed by atoms with Crippen LogP contribution in [-0.4, -0.2) is 57.4 Å². The van der Waals surface area contributed by atoms with Crippen LogP contribution < -0.4 is 4.72 Å². The number of aryl methyl sites for hydroxylation is 1. The molecule has 1 aliphatic heterocycles. The summed E-state index contributed by atoms with van der Waals surface area (Å²) in [6.07, 6.45) is 6.68. The third kappa shape index (κ3) is 8.25.